The molecular weight excluding hydrogens is 428 g/mol. The second-order valence-corrected chi connectivity index (χ2v) is 8.08. The maximum Gasteiger partial charge on any atom is 0.338 e. The normalized spacial score (nSPS) is 11.1. The van der Waals surface area contributed by atoms with Gasteiger partial charge in [-0.2, -0.15) is 5.26 Å². The number of esters is 1. The highest BCUT2D eigenvalue weighted by atomic mass is 32.1. The summed E-state index contributed by atoms with van der Waals surface area (Å²) in [4.78, 5) is 26.8. The monoisotopic (exact) mass is 448 g/mol. The fourth-order valence-electron chi connectivity index (χ4n) is 2.61. The van der Waals surface area contributed by atoms with Gasteiger partial charge in [-0.15, -0.1) is 11.3 Å². The number of hydrogen-bond acceptors (Lipinski definition) is 8. The summed E-state index contributed by atoms with van der Waals surface area (Å²) in [5.74, 6) is -0.110. The molecule has 0 amide bonds. The fourth-order valence-corrected chi connectivity index (χ4v) is 3.40. The van der Waals surface area contributed by atoms with Gasteiger partial charge in [0, 0.05) is 35.0 Å². The zero-order valence-electron chi connectivity index (χ0n) is 17.4. The minimum Gasteiger partial charge on any atom is -0.462 e. The van der Waals surface area contributed by atoms with E-state index in [1.54, 1.807) is 48.0 Å². The van der Waals surface area contributed by atoms with Gasteiger partial charge in [-0.1, -0.05) is 13.8 Å². The molecule has 1 heterocycles. The summed E-state index contributed by atoms with van der Waals surface area (Å²) >= 11 is 1.30. The van der Waals surface area contributed by atoms with E-state index in [1.807, 2.05) is 13.8 Å². The highest BCUT2D eigenvalue weighted by Gasteiger charge is 2.11. The molecule has 0 spiro atoms. The van der Waals surface area contributed by atoms with E-state index >= 15 is 0 Å². The van der Waals surface area contributed by atoms with Crippen molar-refractivity contribution in [3.05, 3.63) is 80.8 Å². The number of allylic oxidation sites excluding steroid dienone is 1. The van der Waals surface area contributed by atoms with Crippen molar-refractivity contribution >= 4 is 34.3 Å². The minimum absolute atomic E-state index is 0.00483. The van der Waals surface area contributed by atoms with Crippen LogP contribution in [0.15, 0.2) is 60.1 Å². The zero-order valence-corrected chi connectivity index (χ0v) is 18.3. The van der Waals surface area contributed by atoms with Crippen LogP contribution in [-0.4, -0.2) is 22.5 Å². The Hall–Kier alpha value is -4.03. The largest absolute Gasteiger partial charge is 0.462 e. The number of benzene rings is 2. The molecule has 3 rings (SSSR count). The first kappa shape index (κ1) is 22.7. The standard InChI is InChI=1S/C23H20N4O4S/c1-15(2)13-31-23(28)17-3-7-19(8-4-17)25-12-18(11-24)22-26-21(14-32-22)16-5-9-20(10-6-16)27(29)30/h3-10,12,14-15,25H,13H2,1-2H3/b18-12+. The Kier molecular flexibility index (Phi) is 7.31. The number of nitro benzene ring substituents is 1. The molecule has 162 valence electrons. The highest BCUT2D eigenvalue weighted by Crippen LogP contribution is 2.27. The summed E-state index contributed by atoms with van der Waals surface area (Å²) in [6.45, 7) is 4.30. The third-order valence-corrected chi connectivity index (χ3v) is 5.16. The maximum absolute atomic E-state index is 12.0. The lowest BCUT2D eigenvalue weighted by molar-refractivity contribution is -0.384. The molecule has 0 aliphatic carbocycles. The van der Waals surface area contributed by atoms with Crippen molar-refractivity contribution in [2.24, 2.45) is 5.92 Å². The molecule has 9 heteroatoms. The number of rotatable bonds is 8. The number of ether oxygens (including phenoxy) is 1. The van der Waals surface area contributed by atoms with E-state index in [0.717, 1.165) is 5.56 Å². The van der Waals surface area contributed by atoms with Crippen LogP contribution in [0.25, 0.3) is 16.8 Å². The van der Waals surface area contributed by atoms with E-state index in [-0.39, 0.29) is 17.6 Å². The predicted octanol–water partition coefficient (Wildman–Crippen LogP) is 5.51. The van der Waals surface area contributed by atoms with Gasteiger partial charge in [0.2, 0.25) is 0 Å². The molecule has 1 N–H and O–H groups in total. The summed E-state index contributed by atoms with van der Waals surface area (Å²) in [5, 5.41) is 25.7. The van der Waals surface area contributed by atoms with Crippen molar-refractivity contribution in [1.82, 2.24) is 4.98 Å². The van der Waals surface area contributed by atoms with Gasteiger partial charge in [0.05, 0.1) is 22.8 Å². The van der Waals surface area contributed by atoms with E-state index in [0.29, 0.717) is 34.1 Å². The quantitative estimate of drug-likeness (QED) is 0.209. The summed E-state index contributed by atoms with van der Waals surface area (Å²) in [7, 11) is 0. The Labute approximate surface area is 189 Å². The Morgan fingerprint density at radius 3 is 2.53 bits per heavy atom. The van der Waals surface area contributed by atoms with Crippen LogP contribution in [0.2, 0.25) is 0 Å². The number of aromatic nitrogens is 1. The lowest BCUT2D eigenvalue weighted by Gasteiger charge is -2.07. The number of carbonyl (C=O) groups excluding carboxylic acids is 1. The van der Waals surface area contributed by atoms with Gasteiger partial charge in [-0.25, -0.2) is 9.78 Å². The van der Waals surface area contributed by atoms with Gasteiger partial charge < -0.3 is 10.1 Å². The van der Waals surface area contributed by atoms with E-state index in [9.17, 15) is 20.2 Å². The average molecular weight is 449 g/mol. The van der Waals surface area contributed by atoms with Crippen molar-refractivity contribution in [3.8, 4) is 17.3 Å². The number of nitrogens with one attached hydrogen (secondary N) is 1. The van der Waals surface area contributed by atoms with E-state index in [4.69, 9.17) is 4.74 Å². The first-order valence-corrected chi connectivity index (χ1v) is 10.6. The maximum atomic E-state index is 12.0. The van der Waals surface area contributed by atoms with Crippen LogP contribution in [-0.2, 0) is 4.74 Å². The summed E-state index contributed by atoms with van der Waals surface area (Å²) in [5.41, 5.74) is 2.85. The SMILES string of the molecule is CC(C)COC(=O)c1ccc(N/C=C(\C#N)c2nc(-c3ccc([N+](=O)[O-])cc3)cs2)cc1. The Bertz CT molecular complexity index is 1180. The number of non-ortho nitro benzene ring substituents is 1. The molecule has 0 bridgehead atoms. The second-order valence-electron chi connectivity index (χ2n) is 7.23. The van der Waals surface area contributed by atoms with Gasteiger partial charge in [-0.05, 0) is 42.3 Å². The molecule has 3 aromatic rings. The minimum atomic E-state index is -0.459. The van der Waals surface area contributed by atoms with Crippen LogP contribution < -0.4 is 5.32 Å². The van der Waals surface area contributed by atoms with E-state index in [1.165, 1.54) is 23.5 Å². The Balaban J connectivity index is 1.68. The Morgan fingerprint density at radius 2 is 1.94 bits per heavy atom. The topological polar surface area (TPSA) is 118 Å². The molecule has 0 aliphatic rings. The van der Waals surface area contributed by atoms with Gasteiger partial charge >= 0.3 is 5.97 Å². The number of thiazole rings is 1. The van der Waals surface area contributed by atoms with Gasteiger partial charge in [0.15, 0.2) is 0 Å². The first-order chi connectivity index (χ1) is 15.4. The molecule has 0 saturated heterocycles. The summed E-state index contributed by atoms with van der Waals surface area (Å²) in [6.07, 6.45) is 1.55. The lowest BCUT2D eigenvalue weighted by Crippen LogP contribution is -2.10. The zero-order chi connectivity index (χ0) is 23.1. The number of anilines is 1. The van der Waals surface area contributed by atoms with E-state index < -0.39 is 4.92 Å². The van der Waals surface area contributed by atoms with Crippen LogP contribution >= 0.6 is 11.3 Å². The number of carbonyl (C=O) groups is 1. The van der Waals surface area contributed by atoms with Gasteiger partial charge in [0.25, 0.3) is 5.69 Å². The van der Waals surface area contributed by atoms with Crippen LogP contribution in [0.1, 0.15) is 29.2 Å². The summed E-state index contributed by atoms with van der Waals surface area (Å²) in [6, 6.07) is 15.0. The third-order valence-electron chi connectivity index (χ3n) is 4.28. The fraction of sp³-hybridized carbons (Fsp3) is 0.174. The van der Waals surface area contributed by atoms with Crippen LogP contribution in [0.3, 0.4) is 0 Å². The number of nitro groups is 1. The molecule has 1 aromatic heterocycles. The Morgan fingerprint density at radius 1 is 1.25 bits per heavy atom. The first-order valence-electron chi connectivity index (χ1n) is 9.72. The van der Waals surface area contributed by atoms with Gasteiger partial charge in [0.1, 0.15) is 16.6 Å². The van der Waals surface area contributed by atoms with Crippen molar-refractivity contribution < 1.29 is 14.5 Å². The van der Waals surface area contributed by atoms with Crippen LogP contribution in [0.4, 0.5) is 11.4 Å². The lowest BCUT2D eigenvalue weighted by atomic mass is 10.1. The third kappa shape index (κ3) is 5.77. The predicted molar refractivity (Wildman–Crippen MR) is 123 cm³/mol. The molecule has 32 heavy (non-hydrogen) atoms. The number of nitriles is 1. The molecule has 0 unspecified atom stereocenters. The number of nitrogens with zero attached hydrogens (tertiary/aromatic N) is 3. The summed E-state index contributed by atoms with van der Waals surface area (Å²) < 4.78 is 5.21. The molecule has 2 aromatic carbocycles. The van der Waals surface area contributed by atoms with E-state index in [2.05, 4.69) is 16.4 Å². The van der Waals surface area contributed by atoms with Crippen molar-refractivity contribution in [2.45, 2.75) is 13.8 Å². The van der Waals surface area contributed by atoms with Crippen LogP contribution in [0.5, 0.6) is 0 Å². The molecule has 8 nitrogen and oxygen atoms in total. The van der Waals surface area contributed by atoms with Crippen molar-refractivity contribution in [1.29, 1.82) is 5.26 Å². The van der Waals surface area contributed by atoms with Crippen molar-refractivity contribution in [2.75, 3.05) is 11.9 Å². The molecule has 0 saturated carbocycles. The van der Waals surface area contributed by atoms with Gasteiger partial charge in [-0.3, -0.25) is 10.1 Å². The van der Waals surface area contributed by atoms with Crippen LogP contribution in [0, 0.1) is 27.4 Å². The molecule has 0 radical (unpaired) electrons. The highest BCUT2D eigenvalue weighted by molar-refractivity contribution is 7.11. The molecule has 0 aliphatic heterocycles. The number of hydrogen-bond donors (Lipinski definition) is 1. The molecular formula is C23H20N4O4S. The molecule has 0 atom stereocenters. The smallest absolute Gasteiger partial charge is 0.338 e. The second kappa shape index (κ2) is 10.3. The molecule has 0 fully saturated rings. The van der Waals surface area contributed by atoms with Crippen molar-refractivity contribution in [3.63, 3.8) is 0 Å². The average Bonchev–Trinajstić information content (AvgIpc) is 3.28.